The maximum atomic E-state index is 12.5. The number of furan rings is 1. The largest absolute Gasteiger partial charge is 0.450 e. The van der Waals surface area contributed by atoms with Gasteiger partial charge in [0.1, 0.15) is 5.76 Å². The number of rotatable bonds is 4. The van der Waals surface area contributed by atoms with Crippen LogP contribution in [0.25, 0.3) is 12.2 Å². The van der Waals surface area contributed by atoms with Crippen molar-refractivity contribution in [1.29, 1.82) is 0 Å². The van der Waals surface area contributed by atoms with Gasteiger partial charge in [-0.3, -0.25) is 4.79 Å². The Hall–Kier alpha value is -2.67. The van der Waals surface area contributed by atoms with Crippen LogP contribution >= 0.6 is 15.9 Å². The molecule has 3 aromatic rings. The quantitative estimate of drug-likeness (QED) is 0.631. The number of nitrogens with one attached hydrogen (secondary N) is 1. The number of benzene rings is 2. The van der Waals surface area contributed by atoms with E-state index in [2.05, 4.69) is 21.2 Å². The lowest BCUT2D eigenvalue weighted by atomic mass is 9.77. The van der Waals surface area contributed by atoms with E-state index >= 15 is 0 Å². The molecule has 0 spiro atoms. The molecule has 2 atom stereocenters. The molecule has 1 amide bonds. The number of halogens is 1. The van der Waals surface area contributed by atoms with Gasteiger partial charge in [0, 0.05) is 18.4 Å². The molecule has 0 saturated heterocycles. The first-order valence-corrected chi connectivity index (χ1v) is 9.51. The van der Waals surface area contributed by atoms with Crippen molar-refractivity contribution >= 4 is 39.7 Å². The maximum absolute atomic E-state index is 12.5. The third-order valence-electron chi connectivity index (χ3n) is 4.81. The Balaban J connectivity index is 1.82. The van der Waals surface area contributed by atoms with Gasteiger partial charge in [-0.1, -0.05) is 42.5 Å². The Bertz CT molecular complexity index is 1040. The van der Waals surface area contributed by atoms with E-state index in [0.29, 0.717) is 27.2 Å². The molecule has 0 aliphatic carbocycles. The fourth-order valence-electron chi connectivity index (χ4n) is 3.49. The number of hydrogen-bond acceptors (Lipinski definition) is 4. The maximum Gasteiger partial charge on any atom is 0.257 e. The Morgan fingerprint density at radius 2 is 1.93 bits per heavy atom. The summed E-state index contributed by atoms with van der Waals surface area (Å²) >= 11 is 3.28. The Morgan fingerprint density at radius 1 is 1.14 bits per heavy atom. The molecule has 5 nitrogen and oxygen atoms in total. The zero-order valence-corrected chi connectivity index (χ0v) is 16.6. The number of anilines is 1. The van der Waals surface area contributed by atoms with E-state index in [1.54, 1.807) is 18.2 Å². The van der Waals surface area contributed by atoms with Crippen LogP contribution in [0.3, 0.4) is 0 Å². The van der Waals surface area contributed by atoms with E-state index in [0.717, 1.165) is 5.56 Å². The molecule has 2 unspecified atom stereocenters. The minimum atomic E-state index is -1.61. The monoisotopic (exact) mass is 439 g/mol. The highest BCUT2D eigenvalue weighted by atomic mass is 79.9. The van der Waals surface area contributed by atoms with Crippen molar-refractivity contribution in [1.82, 2.24) is 0 Å². The van der Waals surface area contributed by atoms with Gasteiger partial charge in [0.2, 0.25) is 0 Å². The van der Waals surface area contributed by atoms with Gasteiger partial charge in [0.15, 0.2) is 16.4 Å². The number of carbonyl (C=O) groups excluding carboxylic acids is 1. The average Bonchev–Trinajstić information content (AvgIpc) is 3.13. The van der Waals surface area contributed by atoms with Crippen molar-refractivity contribution in [3.05, 3.63) is 87.8 Å². The lowest BCUT2D eigenvalue weighted by molar-refractivity contribution is -0.142. The highest BCUT2D eigenvalue weighted by molar-refractivity contribution is 9.10. The van der Waals surface area contributed by atoms with Gasteiger partial charge in [0.05, 0.1) is 0 Å². The number of amides is 1. The SMILES string of the molecule is COC1C(=O)Nc2ccc(C=Cc3ccc(Br)o3)cc2C1(O)c1ccccc1. The number of hydrogen-bond donors (Lipinski definition) is 2. The van der Waals surface area contributed by atoms with Gasteiger partial charge in [-0.25, -0.2) is 0 Å². The van der Waals surface area contributed by atoms with Crippen LogP contribution in [0.5, 0.6) is 0 Å². The molecule has 1 aromatic heterocycles. The van der Waals surface area contributed by atoms with Crippen molar-refractivity contribution in [3.8, 4) is 0 Å². The van der Waals surface area contributed by atoms with Gasteiger partial charge in [0.25, 0.3) is 5.91 Å². The predicted octanol–water partition coefficient (Wildman–Crippen LogP) is 4.42. The second-order valence-electron chi connectivity index (χ2n) is 6.52. The van der Waals surface area contributed by atoms with Crippen molar-refractivity contribution in [2.24, 2.45) is 0 Å². The topological polar surface area (TPSA) is 71.7 Å². The highest BCUT2D eigenvalue weighted by Gasteiger charge is 2.49. The van der Waals surface area contributed by atoms with Crippen molar-refractivity contribution < 1.29 is 19.1 Å². The van der Waals surface area contributed by atoms with Gasteiger partial charge in [-0.15, -0.1) is 0 Å². The molecule has 2 aromatic carbocycles. The van der Waals surface area contributed by atoms with E-state index in [-0.39, 0.29) is 5.91 Å². The molecule has 0 fully saturated rings. The van der Waals surface area contributed by atoms with Crippen molar-refractivity contribution in [2.45, 2.75) is 11.7 Å². The summed E-state index contributed by atoms with van der Waals surface area (Å²) in [5.74, 6) is 0.316. The lowest BCUT2D eigenvalue weighted by Crippen LogP contribution is -2.52. The molecule has 4 rings (SSSR count). The molecule has 0 saturated carbocycles. The molecule has 6 heteroatoms. The zero-order chi connectivity index (χ0) is 19.7. The second-order valence-corrected chi connectivity index (χ2v) is 7.30. The fourth-order valence-corrected chi connectivity index (χ4v) is 3.81. The minimum absolute atomic E-state index is 0.384. The summed E-state index contributed by atoms with van der Waals surface area (Å²) in [6.45, 7) is 0. The van der Waals surface area contributed by atoms with Crippen LogP contribution in [0.4, 0.5) is 5.69 Å². The number of carbonyl (C=O) groups is 1. The third kappa shape index (κ3) is 3.20. The minimum Gasteiger partial charge on any atom is -0.450 e. The van der Waals surface area contributed by atoms with E-state index in [9.17, 15) is 9.90 Å². The van der Waals surface area contributed by atoms with Crippen LogP contribution in [0.15, 0.2) is 69.8 Å². The predicted molar refractivity (Wildman–Crippen MR) is 111 cm³/mol. The standard InChI is InChI=1S/C22H18BrNO4/c1-27-20-21(25)24-18-11-8-14(7-9-16-10-12-19(23)28-16)13-17(18)22(20,26)15-5-3-2-4-6-15/h2-13,20,26H,1H3,(H,24,25). The summed E-state index contributed by atoms with van der Waals surface area (Å²) < 4.78 is 11.5. The van der Waals surface area contributed by atoms with Crippen LogP contribution in [0.2, 0.25) is 0 Å². The normalized spacial score (nSPS) is 21.5. The first-order chi connectivity index (χ1) is 13.5. The number of fused-ring (bicyclic) bond motifs is 1. The number of methoxy groups -OCH3 is 1. The molecule has 1 aliphatic rings. The first kappa shape index (κ1) is 18.7. The van der Waals surface area contributed by atoms with Gasteiger partial charge in [-0.05, 0) is 57.4 Å². The first-order valence-electron chi connectivity index (χ1n) is 8.72. The van der Waals surface area contributed by atoms with Crippen LogP contribution in [-0.2, 0) is 15.1 Å². The van der Waals surface area contributed by atoms with Crippen LogP contribution in [-0.4, -0.2) is 24.2 Å². The van der Waals surface area contributed by atoms with Crippen LogP contribution in [0, 0.1) is 0 Å². The summed E-state index contributed by atoms with van der Waals surface area (Å²) in [7, 11) is 1.42. The summed E-state index contributed by atoms with van der Waals surface area (Å²) in [5, 5.41) is 14.5. The molecule has 28 heavy (non-hydrogen) atoms. The molecule has 2 N–H and O–H groups in total. The molecular formula is C22H18BrNO4. The average molecular weight is 440 g/mol. The fraction of sp³-hybridized carbons (Fsp3) is 0.136. The van der Waals surface area contributed by atoms with Crippen molar-refractivity contribution in [3.63, 3.8) is 0 Å². The molecule has 2 heterocycles. The Kier molecular flexibility index (Phi) is 4.93. The van der Waals surface area contributed by atoms with E-state index in [1.165, 1.54) is 7.11 Å². The second kappa shape index (κ2) is 7.39. The highest BCUT2D eigenvalue weighted by Crippen LogP contribution is 2.42. The number of aliphatic hydroxyl groups is 1. The van der Waals surface area contributed by atoms with E-state index in [1.807, 2.05) is 54.6 Å². The molecule has 0 bridgehead atoms. The summed E-state index contributed by atoms with van der Waals surface area (Å²) in [6, 6.07) is 18.3. The summed E-state index contributed by atoms with van der Waals surface area (Å²) in [4.78, 5) is 12.5. The lowest BCUT2D eigenvalue weighted by Gasteiger charge is -2.40. The molecule has 0 radical (unpaired) electrons. The summed E-state index contributed by atoms with van der Waals surface area (Å²) in [6.07, 6.45) is 2.65. The number of ether oxygens (including phenoxy) is 1. The van der Waals surface area contributed by atoms with Crippen molar-refractivity contribution in [2.75, 3.05) is 12.4 Å². The molecule has 1 aliphatic heterocycles. The van der Waals surface area contributed by atoms with Gasteiger partial charge >= 0.3 is 0 Å². The van der Waals surface area contributed by atoms with Gasteiger partial charge in [-0.2, -0.15) is 0 Å². The Morgan fingerprint density at radius 3 is 2.61 bits per heavy atom. The Labute approximate surface area is 170 Å². The molecular weight excluding hydrogens is 422 g/mol. The zero-order valence-electron chi connectivity index (χ0n) is 15.1. The van der Waals surface area contributed by atoms with E-state index in [4.69, 9.17) is 9.15 Å². The van der Waals surface area contributed by atoms with Gasteiger partial charge < -0.3 is 19.6 Å². The molecule has 142 valence electrons. The summed E-state index contributed by atoms with van der Waals surface area (Å²) in [5.41, 5.74) is 0.974. The van der Waals surface area contributed by atoms with Crippen LogP contribution < -0.4 is 5.32 Å². The van der Waals surface area contributed by atoms with Crippen LogP contribution in [0.1, 0.15) is 22.5 Å². The smallest absolute Gasteiger partial charge is 0.257 e. The van der Waals surface area contributed by atoms with E-state index < -0.39 is 11.7 Å². The third-order valence-corrected chi connectivity index (χ3v) is 5.24.